The molecule has 0 bridgehead atoms. The molecule has 0 saturated heterocycles. The molecular weight excluding hydrogens is 377 g/mol. The Balaban J connectivity index is 1.59. The van der Waals surface area contributed by atoms with Crippen molar-refractivity contribution >= 4 is 29.1 Å². The summed E-state index contributed by atoms with van der Waals surface area (Å²) in [5, 5.41) is 4.72. The summed E-state index contributed by atoms with van der Waals surface area (Å²) < 4.78 is 13.3. The van der Waals surface area contributed by atoms with Crippen LogP contribution in [0.2, 0.25) is 0 Å². The van der Waals surface area contributed by atoms with Crippen LogP contribution in [0, 0.1) is 5.82 Å². The van der Waals surface area contributed by atoms with Gasteiger partial charge in [0, 0.05) is 17.2 Å². The Hall–Kier alpha value is -4.12. The second-order valence-corrected chi connectivity index (χ2v) is 6.57. The Morgan fingerprint density at radius 1 is 0.933 bits per heavy atom. The molecule has 5 heteroatoms. The summed E-state index contributed by atoms with van der Waals surface area (Å²) in [6, 6.07) is 24.9. The van der Waals surface area contributed by atoms with Crippen LogP contribution >= 0.6 is 0 Å². The number of hydrogen-bond acceptors (Lipinski definition) is 3. The molecular formula is C25H18FN3O. The number of para-hydroxylation sites is 1. The first-order chi connectivity index (χ1) is 14.7. The van der Waals surface area contributed by atoms with Crippen molar-refractivity contribution in [3.05, 3.63) is 108 Å². The van der Waals surface area contributed by atoms with E-state index in [2.05, 4.69) is 15.5 Å². The van der Waals surface area contributed by atoms with Crippen LogP contribution in [0.4, 0.5) is 4.39 Å². The average Bonchev–Trinajstić information content (AvgIpc) is 2.79. The molecule has 4 aromatic rings. The number of carbonyl (C=O) groups is 1. The summed E-state index contributed by atoms with van der Waals surface area (Å²) in [6.45, 7) is 0. The van der Waals surface area contributed by atoms with E-state index in [1.54, 1.807) is 24.3 Å². The van der Waals surface area contributed by atoms with Crippen LogP contribution in [0.1, 0.15) is 15.9 Å². The SMILES string of the molecule is O=C(N/N=C/C=C/c1ccccc1)c1cc(-c2ccc(F)cc2)nc2ccccc12. The van der Waals surface area contributed by atoms with Gasteiger partial charge in [-0.2, -0.15) is 5.10 Å². The molecule has 3 aromatic carbocycles. The van der Waals surface area contributed by atoms with Gasteiger partial charge in [0.15, 0.2) is 0 Å². The molecule has 1 heterocycles. The van der Waals surface area contributed by atoms with Gasteiger partial charge in [0.1, 0.15) is 5.82 Å². The third kappa shape index (κ3) is 4.47. The Labute approximate surface area is 173 Å². The zero-order chi connectivity index (χ0) is 20.8. The predicted octanol–water partition coefficient (Wildman–Crippen LogP) is 5.47. The molecule has 0 aliphatic heterocycles. The number of rotatable bonds is 5. The molecule has 146 valence electrons. The van der Waals surface area contributed by atoms with Crippen LogP contribution in [-0.4, -0.2) is 17.1 Å². The van der Waals surface area contributed by atoms with E-state index in [0.717, 1.165) is 16.5 Å². The van der Waals surface area contributed by atoms with Gasteiger partial charge in [0.05, 0.1) is 16.8 Å². The number of halogens is 1. The van der Waals surface area contributed by atoms with E-state index in [0.29, 0.717) is 16.8 Å². The molecule has 1 N–H and O–H groups in total. The van der Waals surface area contributed by atoms with Crippen molar-refractivity contribution in [3.63, 3.8) is 0 Å². The number of nitrogens with zero attached hydrogens (tertiary/aromatic N) is 2. The first-order valence-electron chi connectivity index (χ1n) is 9.41. The Morgan fingerprint density at radius 3 is 2.47 bits per heavy atom. The lowest BCUT2D eigenvalue weighted by Crippen LogP contribution is -2.18. The van der Waals surface area contributed by atoms with Crippen LogP contribution in [0.3, 0.4) is 0 Å². The molecule has 30 heavy (non-hydrogen) atoms. The molecule has 0 aliphatic rings. The van der Waals surface area contributed by atoms with Gasteiger partial charge in [0.25, 0.3) is 5.91 Å². The summed E-state index contributed by atoms with van der Waals surface area (Å²) in [4.78, 5) is 17.4. The Bertz CT molecular complexity index is 1230. The number of pyridine rings is 1. The smallest absolute Gasteiger partial charge is 0.267 e. The summed E-state index contributed by atoms with van der Waals surface area (Å²) >= 11 is 0. The zero-order valence-electron chi connectivity index (χ0n) is 16.0. The Morgan fingerprint density at radius 2 is 1.67 bits per heavy atom. The van der Waals surface area contributed by atoms with Crippen molar-refractivity contribution in [2.75, 3.05) is 0 Å². The van der Waals surface area contributed by atoms with Crippen molar-refractivity contribution < 1.29 is 9.18 Å². The molecule has 0 saturated carbocycles. The van der Waals surface area contributed by atoms with Gasteiger partial charge < -0.3 is 0 Å². The predicted molar refractivity (Wildman–Crippen MR) is 119 cm³/mol. The molecule has 1 amide bonds. The zero-order valence-corrected chi connectivity index (χ0v) is 16.0. The maximum absolute atomic E-state index is 13.3. The van der Waals surface area contributed by atoms with Crippen LogP contribution < -0.4 is 5.43 Å². The highest BCUT2D eigenvalue weighted by atomic mass is 19.1. The second-order valence-electron chi connectivity index (χ2n) is 6.57. The second kappa shape index (κ2) is 8.92. The lowest BCUT2D eigenvalue weighted by Gasteiger charge is -2.09. The van der Waals surface area contributed by atoms with E-state index < -0.39 is 0 Å². The van der Waals surface area contributed by atoms with E-state index in [4.69, 9.17) is 0 Å². The Kier molecular flexibility index (Phi) is 5.71. The van der Waals surface area contributed by atoms with Crippen LogP contribution in [0.5, 0.6) is 0 Å². The van der Waals surface area contributed by atoms with Gasteiger partial charge in [-0.15, -0.1) is 0 Å². The molecule has 0 aliphatic carbocycles. The van der Waals surface area contributed by atoms with Crippen LogP contribution in [0.25, 0.3) is 28.2 Å². The lowest BCUT2D eigenvalue weighted by molar-refractivity contribution is 0.0956. The number of amides is 1. The van der Waals surface area contributed by atoms with E-state index >= 15 is 0 Å². The summed E-state index contributed by atoms with van der Waals surface area (Å²) in [5.74, 6) is -0.670. The average molecular weight is 395 g/mol. The van der Waals surface area contributed by atoms with Crippen molar-refractivity contribution in [1.29, 1.82) is 0 Å². The number of benzene rings is 3. The quantitative estimate of drug-likeness (QED) is 0.360. The minimum absolute atomic E-state index is 0.324. The maximum atomic E-state index is 13.3. The highest BCUT2D eigenvalue weighted by molar-refractivity contribution is 6.07. The van der Waals surface area contributed by atoms with Gasteiger partial charge in [-0.1, -0.05) is 54.6 Å². The lowest BCUT2D eigenvalue weighted by atomic mass is 10.0. The van der Waals surface area contributed by atoms with Crippen molar-refractivity contribution in [2.45, 2.75) is 0 Å². The van der Waals surface area contributed by atoms with Gasteiger partial charge in [-0.3, -0.25) is 4.79 Å². The van der Waals surface area contributed by atoms with Crippen molar-refractivity contribution in [1.82, 2.24) is 10.4 Å². The number of carbonyl (C=O) groups excluding carboxylic acids is 1. The molecule has 0 atom stereocenters. The molecule has 0 spiro atoms. The van der Waals surface area contributed by atoms with E-state index in [9.17, 15) is 9.18 Å². The number of aromatic nitrogens is 1. The largest absolute Gasteiger partial charge is 0.272 e. The fraction of sp³-hybridized carbons (Fsp3) is 0. The first kappa shape index (κ1) is 19.2. The molecule has 4 rings (SSSR count). The highest BCUT2D eigenvalue weighted by Gasteiger charge is 2.13. The molecule has 0 fully saturated rings. The van der Waals surface area contributed by atoms with Gasteiger partial charge in [-0.25, -0.2) is 14.8 Å². The number of hydrazone groups is 1. The fourth-order valence-electron chi connectivity index (χ4n) is 3.05. The monoisotopic (exact) mass is 395 g/mol. The number of nitrogens with one attached hydrogen (secondary N) is 1. The topological polar surface area (TPSA) is 54.4 Å². The minimum Gasteiger partial charge on any atom is -0.267 e. The molecule has 4 nitrogen and oxygen atoms in total. The summed E-state index contributed by atoms with van der Waals surface area (Å²) in [6.07, 6.45) is 5.17. The third-order valence-electron chi connectivity index (χ3n) is 4.52. The number of hydrogen-bond donors (Lipinski definition) is 1. The van der Waals surface area contributed by atoms with Gasteiger partial charge in [-0.05, 0) is 48.0 Å². The molecule has 0 unspecified atom stereocenters. The van der Waals surface area contributed by atoms with E-state index in [1.807, 2.05) is 60.7 Å². The summed E-state index contributed by atoms with van der Waals surface area (Å²) in [5.41, 5.74) is 6.04. The normalized spacial score (nSPS) is 11.4. The van der Waals surface area contributed by atoms with Crippen molar-refractivity contribution in [3.8, 4) is 11.3 Å². The van der Waals surface area contributed by atoms with Gasteiger partial charge >= 0.3 is 0 Å². The minimum atomic E-state index is -0.346. The standard InChI is InChI=1S/C25H18FN3O/c26-20-14-12-19(13-15-20)24-17-22(21-10-4-5-11-23(21)28-24)25(30)29-27-16-6-9-18-7-2-1-3-8-18/h1-17H,(H,29,30)/b9-6+,27-16+. The summed E-state index contributed by atoms with van der Waals surface area (Å²) in [7, 11) is 0. The van der Waals surface area contributed by atoms with E-state index in [-0.39, 0.29) is 11.7 Å². The highest BCUT2D eigenvalue weighted by Crippen LogP contribution is 2.25. The molecule has 0 radical (unpaired) electrons. The first-order valence-corrected chi connectivity index (χ1v) is 9.41. The molecule has 1 aromatic heterocycles. The number of fused-ring (bicyclic) bond motifs is 1. The fourth-order valence-corrected chi connectivity index (χ4v) is 3.05. The van der Waals surface area contributed by atoms with Gasteiger partial charge in [0.2, 0.25) is 0 Å². The van der Waals surface area contributed by atoms with E-state index in [1.165, 1.54) is 18.3 Å². The van der Waals surface area contributed by atoms with Crippen LogP contribution in [0.15, 0.2) is 96.1 Å². The van der Waals surface area contributed by atoms with Crippen LogP contribution in [-0.2, 0) is 0 Å². The maximum Gasteiger partial charge on any atom is 0.272 e. The van der Waals surface area contributed by atoms with Crippen molar-refractivity contribution in [2.24, 2.45) is 5.10 Å². The number of allylic oxidation sites excluding steroid dienone is 1. The third-order valence-corrected chi connectivity index (χ3v) is 4.52.